The van der Waals surface area contributed by atoms with E-state index in [1.165, 1.54) is 7.11 Å². The van der Waals surface area contributed by atoms with Crippen LogP contribution in [0.5, 0.6) is 0 Å². The molecular formula is C65H100N4O14. The van der Waals surface area contributed by atoms with Crippen LogP contribution in [0.15, 0.2) is 73.8 Å². The summed E-state index contributed by atoms with van der Waals surface area (Å²) >= 11 is 0. The van der Waals surface area contributed by atoms with Crippen LogP contribution in [0, 0.1) is 11.8 Å². The minimum atomic E-state index is -1.37. The number of Topliss-reactive ketones (excluding diaryl/α,β-unsaturated/α-hetero) is 1. The number of methoxy groups -OCH3 is 2. The number of alkyl carbamates (subject to hydrolysis) is 1. The Balaban J connectivity index is 0.000000280. The summed E-state index contributed by atoms with van der Waals surface area (Å²) in [7, 11) is 3.11. The van der Waals surface area contributed by atoms with Crippen molar-refractivity contribution in [2.75, 3.05) is 53.7 Å². The molecule has 83 heavy (non-hydrogen) atoms. The van der Waals surface area contributed by atoms with E-state index in [0.29, 0.717) is 32.7 Å². The molecule has 1 aliphatic carbocycles. The van der Waals surface area contributed by atoms with Crippen LogP contribution in [0.4, 0.5) is 4.79 Å². The fraction of sp³-hybridized carbons (Fsp3) is 0.677. The van der Waals surface area contributed by atoms with Crippen molar-refractivity contribution >= 4 is 29.6 Å². The van der Waals surface area contributed by atoms with Crippen molar-refractivity contribution in [2.45, 2.75) is 216 Å². The van der Waals surface area contributed by atoms with Gasteiger partial charge >= 0.3 is 6.09 Å². The first-order valence-corrected chi connectivity index (χ1v) is 30.7. The number of aliphatic hydroxyl groups is 2. The van der Waals surface area contributed by atoms with Crippen molar-refractivity contribution in [3.63, 3.8) is 0 Å². The Morgan fingerprint density at radius 2 is 1.07 bits per heavy atom. The first kappa shape index (κ1) is 68.7. The van der Waals surface area contributed by atoms with E-state index in [9.17, 15) is 34.2 Å². The van der Waals surface area contributed by atoms with Gasteiger partial charge in [0.2, 0.25) is 17.7 Å². The number of hydrogen-bond acceptors (Lipinski definition) is 14. The Morgan fingerprint density at radius 1 is 0.639 bits per heavy atom. The molecule has 18 heteroatoms. The standard InChI is InChI=1S/C35H46N2O6.C25H44N2O6.C5H10O2/c1-3-4-12-25-13-9-20-35(42-25)21-10-14-26(43-35)15-11-22-36-32(38)24(2)33(39)37-34(40)41-23-31-29-18-7-5-16-27(29)28-17-6-8-19-30(28)31;1-4-5-9-20-10-6-14-25(32-20)15-7-11-21(33-25)12-8-16-26-24(30)19(2)22(28)18-27-23(29)13-17-31-3;1-5(6)3-4-7-2/h3,5-8,16-19,24-26,31,33,39H,1,4,9-15,20-23H2,2H3,(H,36,38)(H,37,40);4,19-22,28H,1,5-18H2,2-3H3,(H,26,30)(H,27,29);3-4H2,1-2H3/t24-,25-,26+,33-,35+;19-,20+,21-,22-,25-;/m10./s1. The molecule has 6 N–H and O–H groups in total. The lowest BCUT2D eigenvalue weighted by Gasteiger charge is -2.46. The van der Waals surface area contributed by atoms with E-state index in [1.54, 1.807) is 27.9 Å². The fourth-order valence-electron chi connectivity index (χ4n) is 11.6. The van der Waals surface area contributed by atoms with Gasteiger partial charge in [-0.2, -0.15) is 0 Å². The number of amides is 4. The summed E-state index contributed by atoms with van der Waals surface area (Å²) in [5, 5.41) is 31.6. The van der Waals surface area contributed by atoms with Gasteiger partial charge < -0.3 is 59.3 Å². The topological polar surface area (TPSA) is 239 Å². The predicted molar refractivity (Wildman–Crippen MR) is 319 cm³/mol. The zero-order chi connectivity index (χ0) is 60.0. The number of ketones is 1. The third-order valence-corrected chi connectivity index (χ3v) is 16.4. The molecule has 2 aromatic carbocycles. The van der Waals surface area contributed by atoms with E-state index in [4.69, 9.17) is 28.4 Å². The minimum Gasteiger partial charge on any atom is -0.448 e. The first-order chi connectivity index (χ1) is 40.0. The van der Waals surface area contributed by atoms with Crippen molar-refractivity contribution in [1.29, 1.82) is 0 Å². The lowest BCUT2D eigenvalue weighted by Crippen LogP contribution is -2.48. The number of rotatable bonds is 29. The molecule has 5 aliphatic rings. The number of hydrogen-bond donors (Lipinski definition) is 6. The van der Waals surface area contributed by atoms with Crippen LogP contribution in [0.1, 0.15) is 179 Å². The van der Waals surface area contributed by atoms with Crippen LogP contribution < -0.4 is 21.3 Å². The molecule has 4 heterocycles. The van der Waals surface area contributed by atoms with Gasteiger partial charge in [-0.05, 0) is 139 Å². The van der Waals surface area contributed by atoms with E-state index >= 15 is 0 Å². The monoisotopic (exact) mass is 1160 g/mol. The van der Waals surface area contributed by atoms with Gasteiger partial charge in [0.15, 0.2) is 11.6 Å². The Kier molecular flexibility index (Phi) is 30.4. The van der Waals surface area contributed by atoms with Crippen molar-refractivity contribution in [1.82, 2.24) is 21.3 Å². The second-order valence-electron chi connectivity index (χ2n) is 23.0. The molecule has 464 valence electrons. The van der Waals surface area contributed by atoms with Gasteiger partial charge in [0.25, 0.3) is 0 Å². The molecule has 0 saturated carbocycles. The second kappa shape index (κ2) is 36.7. The average molecular weight is 1160 g/mol. The highest BCUT2D eigenvalue weighted by molar-refractivity contribution is 5.81. The average Bonchev–Trinajstić information content (AvgIpc) is 4.10. The van der Waals surface area contributed by atoms with E-state index in [-0.39, 0.29) is 73.4 Å². The van der Waals surface area contributed by atoms with Gasteiger partial charge in [-0.15, -0.1) is 13.2 Å². The second-order valence-corrected chi connectivity index (χ2v) is 23.0. The van der Waals surface area contributed by atoms with Gasteiger partial charge in [-0.25, -0.2) is 4.79 Å². The summed E-state index contributed by atoms with van der Waals surface area (Å²) in [6.07, 6.45) is 22.0. The molecule has 2 aromatic rings. The Morgan fingerprint density at radius 3 is 1.51 bits per heavy atom. The van der Waals surface area contributed by atoms with Gasteiger partial charge in [0.05, 0.1) is 55.6 Å². The maximum atomic E-state index is 12.7. The zero-order valence-corrected chi connectivity index (χ0v) is 50.5. The Hall–Kier alpha value is -5.05. The lowest BCUT2D eigenvalue weighted by atomic mass is 9.91. The molecule has 0 unspecified atom stereocenters. The van der Waals surface area contributed by atoms with Crippen LogP contribution in [0.2, 0.25) is 0 Å². The quantitative estimate of drug-likeness (QED) is 0.0253. The normalized spacial score (nSPS) is 24.1. The zero-order valence-electron chi connectivity index (χ0n) is 50.5. The van der Waals surface area contributed by atoms with Crippen LogP contribution >= 0.6 is 0 Å². The molecule has 4 aliphatic heterocycles. The van der Waals surface area contributed by atoms with Crippen LogP contribution in [0.25, 0.3) is 11.1 Å². The maximum absolute atomic E-state index is 12.7. The van der Waals surface area contributed by atoms with E-state index in [0.717, 1.165) is 151 Å². The van der Waals surface area contributed by atoms with Crippen molar-refractivity contribution in [2.24, 2.45) is 11.8 Å². The molecule has 18 nitrogen and oxygen atoms in total. The van der Waals surface area contributed by atoms with E-state index < -0.39 is 41.8 Å². The third-order valence-electron chi connectivity index (χ3n) is 16.4. The molecule has 0 radical (unpaired) electrons. The number of fused-ring (bicyclic) bond motifs is 3. The number of benzene rings is 2. The van der Waals surface area contributed by atoms with E-state index in [2.05, 4.69) is 51.3 Å². The Bertz CT molecular complexity index is 2270. The number of carbonyl (C=O) groups excluding carboxylic acids is 5. The van der Waals surface area contributed by atoms with Crippen LogP contribution in [0.3, 0.4) is 0 Å². The molecule has 4 fully saturated rings. The maximum Gasteiger partial charge on any atom is 0.409 e. The van der Waals surface area contributed by atoms with Crippen LogP contribution in [-0.2, 0) is 52.3 Å². The van der Waals surface area contributed by atoms with Crippen LogP contribution in [-0.4, -0.2) is 142 Å². The number of carbonyl (C=O) groups is 5. The molecular weight excluding hydrogens is 1060 g/mol. The number of aliphatic hydroxyl groups excluding tert-OH is 2. The summed E-state index contributed by atoms with van der Waals surface area (Å²) in [5.41, 5.74) is 4.50. The smallest absolute Gasteiger partial charge is 0.409 e. The van der Waals surface area contributed by atoms with Gasteiger partial charge in [0, 0.05) is 78.3 Å². The first-order valence-electron chi connectivity index (χ1n) is 30.7. The lowest BCUT2D eigenvalue weighted by molar-refractivity contribution is -0.316. The summed E-state index contributed by atoms with van der Waals surface area (Å²) < 4.78 is 40.8. The molecule has 4 amide bonds. The minimum absolute atomic E-state index is 0.0446. The van der Waals surface area contributed by atoms with Gasteiger partial charge in [-0.3, -0.25) is 24.5 Å². The Labute approximate surface area is 494 Å². The van der Waals surface area contributed by atoms with E-state index in [1.807, 2.05) is 48.6 Å². The SMILES string of the molecule is C=CCC[C@@H]1CCC[C@]2(CCC[C@@H](CCCNC(=O)[C@@H](C)[C@@H](O)CNC(=O)CCOC)O2)O1.C=CCC[C@@H]1CCC[C@]2(CCC[C@@H](CCCNC(=O)[C@@H](C)[C@@H](O)NC(=O)OCC3c4ccccc4-c4ccccc43)O2)O1.COCCC(C)=O. The largest absolute Gasteiger partial charge is 0.448 e. The fourth-order valence-corrected chi connectivity index (χ4v) is 11.6. The molecule has 4 saturated heterocycles. The number of ether oxygens (including phenoxy) is 7. The molecule has 7 rings (SSSR count). The number of nitrogens with one attached hydrogen (secondary N) is 4. The number of allylic oxidation sites excluding steroid dienone is 2. The summed E-state index contributed by atoms with van der Waals surface area (Å²) in [5.74, 6) is -2.97. The van der Waals surface area contributed by atoms with Gasteiger partial charge in [0.1, 0.15) is 18.6 Å². The summed E-state index contributed by atoms with van der Waals surface area (Å²) in [6.45, 7) is 14.5. The molecule has 0 aromatic heterocycles. The highest BCUT2D eigenvalue weighted by Gasteiger charge is 2.44. The highest BCUT2D eigenvalue weighted by Crippen LogP contribution is 2.45. The molecule has 2 spiro atoms. The molecule has 0 bridgehead atoms. The van der Waals surface area contributed by atoms with Crippen molar-refractivity contribution < 1.29 is 67.3 Å². The molecule has 10 atom stereocenters. The van der Waals surface area contributed by atoms with Crippen molar-refractivity contribution in [3.05, 3.63) is 85.0 Å². The van der Waals surface area contributed by atoms with Gasteiger partial charge in [-0.1, -0.05) is 67.6 Å². The summed E-state index contributed by atoms with van der Waals surface area (Å²) in [6, 6.07) is 16.2. The summed E-state index contributed by atoms with van der Waals surface area (Å²) in [4.78, 5) is 59.3. The van der Waals surface area contributed by atoms with Crippen molar-refractivity contribution in [3.8, 4) is 11.1 Å². The predicted octanol–water partition coefficient (Wildman–Crippen LogP) is 9.62. The highest BCUT2D eigenvalue weighted by atomic mass is 16.7. The third kappa shape index (κ3) is 23.0.